The number of rotatable bonds is 8. The zero-order valence-electron chi connectivity index (χ0n) is 14.6. The third kappa shape index (κ3) is 5.74. The highest BCUT2D eigenvalue weighted by Crippen LogP contribution is 2.23. The summed E-state index contributed by atoms with van der Waals surface area (Å²) in [7, 11) is 0. The topological polar surface area (TPSA) is 137 Å². The lowest BCUT2D eigenvalue weighted by Gasteiger charge is -2.21. The van der Waals surface area contributed by atoms with Crippen LogP contribution >= 0.6 is 11.8 Å². The van der Waals surface area contributed by atoms with Crippen molar-refractivity contribution < 1.29 is 28.7 Å². The second-order valence-corrected chi connectivity index (χ2v) is 6.33. The van der Waals surface area contributed by atoms with Crippen LogP contribution in [0.15, 0.2) is 40.4 Å². The van der Waals surface area contributed by atoms with Gasteiger partial charge in [0.15, 0.2) is 0 Å². The van der Waals surface area contributed by atoms with Gasteiger partial charge in [0.2, 0.25) is 5.91 Å². The molecule has 9 nitrogen and oxygen atoms in total. The van der Waals surface area contributed by atoms with E-state index in [-0.39, 0.29) is 42.3 Å². The molecular formula is C17H19N3O6S. The van der Waals surface area contributed by atoms with Crippen molar-refractivity contribution in [3.63, 3.8) is 0 Å². The van der Waals surface area contributed by atoms with Gasteiger partial charge in [-0.05, 0) is 19.1 Å². The van der Waals surface area contributed by atoms with Crippen molar-refractivity contribution in [3.8, 4) is 0 Å². The molecule has 1 aromatic carbocycles. The first-order valence-corrected chi connectivity index (χ1v) is 9.02. The predicted molar refractivity (Wildman–Crippen MR) is 96.8 cm³/mol. The zero-order chi connectivity index (χ0) is 19.8. The molecule has 2 rings (SSSR count). The number of ether oxygens (including phenoxy) is 2. The fourth-order valence-corrected chi connectivity index (χ4v) is 2.97. The maximum atomic E-state index is 12.4. The molecule has 1 aliphatic rings. The van der Waals surface area contributed by atoms with Gasteiger partial charge in [-0.1, -0.05) is 12.1 Å². The first kappa shape index (κ1) is 20.3. The molecule has 0 bridgehead atoms. The molecule has 0 atom stereocenters. The van der Waals surface area contributed by atoms with Crippen LogP contribution in [0.1, 0.15) is 17.3 Å². The highest BCUT2D eigenvalue weighted by Gasteiger charge is 2.25. The fraction of sp³-hybridized carbons (Fsp3) is 0.294. The molecular weight excluding hydrogens is 374 g/mol. The van der Waals surface area contributed by atoms with Crippen molar-refractivity contribution in [2.75, 3.05) is 25.5 Å². The van der Waals surface area contributed by atoms with Gasteiger partial charge in [0.1, 0.15) is 6.61 Å². The number of carbonyl (C=O) groups excluding carboxylic acids is 4. The van der Waals surface area contributed by atoms with Gasteiger partial charge in [-0.3, -0.25) is 4.79 Å². The molecule has 1 aromatic rings. The minimum absolute atomic E-state index is 0.0180. The molecule has 27 heavy (non-hydrogen) atoms. The predicted octanol–water partition coefficient (Wildman–Crippen LogP) is 0.551. The summed E-state index contributed by atoms with van der Waals surface area (Å²) in [5.74, 6) is -1.76. The van der Waals surface area contributed by atoms with E-state index in [1.807, 2.05) is 0 Å². The SMILES string of the molecule is CCOC(=O)C1=C(COC(=O)c2ccccc2SCC(N)=O)NC(=O)NC1. The standard InChI is InChI=1S/C17H19N3O6S/c1-2-25-16(23)11-7-19-17(24)20-12(11)8-26-15(22)10-5-3-4-6-13(10)27-9-14(18)21/h3-6H,2,7-9H2,1H3,(H2,18,21)(H2,19,20,24). The number of carbonyl (C=O) groups is 4. The summed E-state index contributed by atoms with van der Waals surface area (Å²) in [6.07, 6.45) is 0. The average molecular weight is 393 g/mol. The lowest BCUT2D eigenvalue weighted by molar-refractivity contribution is -0.138. The Bertz CT molecular complexity index is 793. The third-order valence-corrected chi connectivity index (χ3v) is 4.50. The summed E-state index contributed by atoms with van der Waals surface area (Å²) in [6, 6.07) is 6.08. The maximum absolute atomic E-state index is 12.4. The number of urea groups is 1. The zero-order valence-corrected chi connectivity index (χ0v) is 15.4. The molecule has 0 spiro atoms. The van der Waals surface area contributed by atoms with Crippen LogP contribution in [0.2, 0.25) is 0 Å². The number of primary amides is 1. The number of nitrogens with two attached hydrogens (primary N) is 1. The van der Waals surface area contributed by atoms with Crippen molar-refractivity contribution in [1.82, 2.24) is 10.6 Å². The van der Waals surface area contributed by atoms with E-state index in [1.165, 1.54) is 0 Å². The highest BCUT2D eigenvalue weighted by atomic mass is 32.2. The highest BCUT2D eigenvalue weighted by molar-refractivity contribution is 8.00. The lowest BCUT2D eigenvalue weighted by Crippen LogP contribution is -2.45. The molecule has 0 unspecified atom stereocenters. The minimum Gasteiger partial charge on any atom is -0.463 e. The number of benzene rings is 1. The van der Waals surface area contributed by atoms with Crippen molar-refractivity contribution in [2.24, 2.45) is 5.73 Å². The molecule has 0 saturated heterocycles. The molecule has 0 fully saturated rings. The van der Waals surface area contributed by atoms with E-state index >= 15 is 0 Å². The molecule has 144 valence electrons. The van der Waals surface area contributed by atoms with E-state index in [0.29, 0.717) is 4.90 Å². The minimum atomic E-state index is -0.661. The van der Waals surface area contributed by atoms with E-state index in [4.69, 9.17) is 15.2 Å². The van der Waals surface area contributed by atoms with Crippen LogP contribution in [-0.4, -0.2) is 49.4 Å². The Hall–Kier alpha value is -3.01. The number of nitrogens with one attached hydrogen (secondary N) is 2. The molecule has 10 heteroatoms. The van der Waals surface area contributed by atoms with Crippen molar-refractivity contribution >= 4 is 35.6 Å². The van der Waals surface area contributed by atoms with E-state index in [1.54, 1.807) is 31.2 Å². The van der Waals surface area contributed by atoms with E-state index in [0.717, 1.165) is 11.8 Å². The van der Waals surface area contributed by atoms with Crippen LogP contribution in [0, 0.1) is 0 Å². The van der Waals surface area contributed by atoms with Gasteiger partial charge >= 0.3 is 18.0 Å². The Labute approximate surface area is 159 Å². The molecule has 0 radical (unpaired) electrons. The second kappa shape index (κ2) is 9.62. The van der Waals surface area contributed by atoms with E-state index < -0.39 is 23.9 Å². The monoisotopic (exact) mass is 393 g/mol. The van der Waals surface area contributed by atoms with Crippen molar-refractivity contribution in [2.45, 2.75) is 11.8 Å². The van der Waals surface area contributed by atoms with Crippen molar-refractivity contribution in [3.05, 3.63) is 41.1 Å². The molecule has 1 heterocycles. The molecule has 0 saturated carbocycles. The lowest BCUT2D eigenvalue weighted by atomic mass is 10.1. The van der Waals surface area contributed by atoms with E-state index in [9.17, 15) is 19.2 Å². The molecule has 0 aromatic heterocycles. The Morgan fingerprint density at radius 2 is 1.93 bits per heavy atom. The van der Waals surface area contributed by atoms with Gasteiger partial charge in [-0.2, -0.15) is 0 Å². The summed E-state index contributed by atoms with van der Waals surface area (Å²) in [6.45, 7) is 1.50. The summed E-state index contributed by atoms with van der Waals surface area (Å²) >= 11 is 1.12. The van der Waals surface area contributed by atoms with Crippen LogP contribution in [0.3, 0.4) is 0 Å². The summed E-state index contributed by atoms with van der Waals surface area (Å²) in [5, 5.41) is 4.91. The first-order valence-electron chi connectivity index (χ1n) is 8.03. The van der Waals surface area contributed by atoms with Crippen LogP contribution in [0.5, 0.6) is 0 Å². The number of hydrogen-bond donors (Lipinski definition) is 3. The normalized spacial score (nSPS) is 13.4. The van der Waals surface area contributed by atoms with Crippen LogP contribution < -0.4 is 16.4 Å². The average Bonchev–Trinajstić information content (AvgIpc) is 2.64. The summed E-state index contributed by atoms with van der Waals surface area (Å²) in [5.41, 5.74) is 5.73. The first-order chi connectivity index (χ1) is 12.9. The maximum Gasteiger partial charge on any atom is 0.339 e. The van der Waals surface area contributed by atoms with E-state index in [2.05, 4.69) is 10.6 Å². The third-order valence-electron chi connectivity index (χ3n) is 3.40. The van der Waals surface area contributed by atoms with Crippen molar-refractivity contribution in [1.29, 1.82) is 0 Å². The number of thioether (sulfide) groups is 1. The number of amides is 3. The number of esters is 2. The van der Waals surface area contributed by atoms with Crippen LogP contribution in [0.4, 0.5) is 4.79 Å². The van der Waals surface area contributed by atoms with Gasteiger partial charge in [-0.15, -0.1) is 11.8 Å². The fourth-order valence-electron chi connectivity index (χ4n) is 2.19. The summed E-state index contributed by atoms with van der Waals surface area (Å²) in [4.78, 5) is 47.4. The van der Waals surface area contributed by atoms with Gasteiger partial charge in [0.05, 0.1) is 35.7 Å². The smallest absolute Gasteiger partial charge is 0.339 e. The van der Waals surface area contributed by atoms with Gasteiger partial charge < -0.3 is 25.8 Å². The Morgan fingerprint density at radius 1 is 1.19 bits per heavy atom. The Morgan fingerprint density at radius 3 is 2.63 bits per heavy atom. The molecule has 4 N–H and O–H groups in total. The summed E-state index contributed by atoms with van der Waals surface area (Å²) < 4.78 is 10.2. The second-order valence-electron chi connectivity index (χ2n) is 5.31. The van der Waals surface area contributed by atoms with Gasteiger partial charge in [-0.25, -0.2) is 14.4 Å². The largest absolute Gasteiger partial charge is 0.463 e. The molecule has 0 aliphatic carbocycles. The molecule has 1 aliphatic heterocycles. The molecule has 3 amide bonds. The Balaban J connectivity index is 2.12. The Kier molecular flexibility index (Phi) is 7.24. The van der Waals surface area contributed by atoms with Crippen LogP contribution in [0.25, 0.3) is 0 Å². The van der Waals surface area contributed by atoms with Crippen LogP contribution in [-0.2, 0) is 19.1 Å². The number of hydrogen-bond acceptors (Lipinski definition) is 7. The van der Waals surface area contributed by atoms with Gasteiger partial charge in [0, 0.05) is 4.90 Å². The quantitative estimate of drug-likeness (QED) is 0.433. The van der Waals surface area contributed by atoms with Gasteiger partial charge in [0.25, 0.3) is 0 Å².